The summed E-state index contributed by atoms with van der Waals surface area (Å²) in [6.07, 6.45) is 1.49. The summed E-state index contributed by atoms with van der Waals surface area (Å²) < 4.78 is 32.9. The van der Waals surface area contributed by atoms with Crippen molar-refractivity contribution >= 4 is 26.9 Å². The number of aromatic nitrogens is 1. The highest BCUT2D eigenvalue weighted by molar-refractivity contribution is 7.89. The predicted octanol–water partition coefficient (Wildman–Crippen LogP) is 2.25. The van der Waals surface area contributed by atoms with Crippen molar-refractivity contribution in [2.24, 2.45) is 0 Å². The van der Waals surface area contributed by atoms with Gasteiger partial charge in [-0.15, -0.1) is 5.92 Å². The molecule has 0 unspecified atom stereocenters. The lowest BCUT2D eigenvalue weighted by Crippen LogP contribution is -2.42. The van der Waals surface area contributed by atoms with Gasteiger partial charge in [0.25, 0.3) is 0 Å². The molecule has 0 amide bonds. The number of hydrogen-bond donors (Lipinski definition) is 4. The van der Waals surface area contributed by atoms with Crippen molar-refractivity contribution in [2.75, 3.05) is 6.61 Å². The van der Waals surface area contributed by atoms with E-state index in [0.717, 1.165) is 0 Å². The van der Waals surface area contributed by atoms with E-state index in [4.69, 9.17) is 4.74 Å². The maximum atomic E-state index is 12.7. The van der Waals surface area contributed by atoms with Gasteiger partial charge in [-0.2, -0.15) is 4.72 Å². The molecule has 0 aliphatic carbocycles. The zero-order chi connectivity index (χ0) is 21.7. The fraction of sp³-hybridized carbons (Fsp3) is 0.190. The minimum absolute atomic E-state index is 0.0306. The molecule has 4 N–H and O–H groups in total. The number of phenolic OH excluding ortho intramolecular Hbond substituents is 1. The van der Waals surface area contributed by atoms with Crippen molar-refractivity contribution in [3.8, 4) is 23.3 Å². The number of benzene rings is 2. The molecule has 3 aromatic rings. The van der Waals surface area contributed by atoms with E-state index in [2.05, 4.69) is 21.5 Å². The van der Waals surface area contributed by atoms with Crippen molar-refractivity contribution in [1.29, 1.82) is 0 Å². The molecule has 30 heavy (non-hydrogen) atoms. The number of aromatic amines is 1. The second-order valence-corrected chi connectivity index (χ2v) is 8.16. The Morgan fingerprint density at radius 2 is 1.97 bits per heavy atom. The van der Waals surface area contributed by atoms with Gasteiger partial charge in [0.05, 0.1) is 4.90 Å². The average Bonchev–Trinajstić information content (AvgIpc) is 3.10. The number of carboxylic acids is 1. The number of ether oxygens (including phenoxy) is 1. The van der Waals surface area contributed by atoms with Crippen molar-refractivity contribution in [2.45, 2.75) is 24.3 Å². The van der Waals surface area contributed by atoms with Gasteiger partial charge in [0.1, 0.15) is 24.1 Å². The van der Waals surface area contributed by atoms with Gasteiger partial charge >= 0.3 is 5.97 Å². The lowest BCUT2D eigenvalue weighted by atomic mass is 10.1. The summed E-state index contributed by atoms with van der Waals surface area (Å²) >= 11 is 0. The second-order valence-electron chi connectivity index (χ2n) is 6.45. The molecule has 0 fully saturated rings. The molecule has 0 aliphatic heterocycles. The molecule has 0 aliphatic rings. The van der Waals surface area contributed by atoms with E-state index in [1.807, 2.05) is 0 Å². The minimum Gasteiger partial charge on any atom is -0.508 e. The molecule has 1 aromatic heterocycles. The number of aromatic hydroxyl groups is 1. The first kappa shape index (κ1) is 21.2. The van der Waals surface area contributed by atoms with Crippen LogP contribution in [0, 0.1) is 11.8 Å². The standard InChI is InChI=1S/C21H20N2O6S/c1-2-3-10-29-16-5-7-17(8-6-16)30(27,28)23-20(21(25)26)11-14-13-22-19-9-4-15(24)12-18(14)19/h4-9,12-13,20,22-24H,10-11H2,1H3,(H,25,26)/t20-/m0/s1. The highest BCUT2D eigenvalue weighted by Crippen LogP contribution is 2.24. The summed E-state index contributed by atoms with van der Waals surface area (Å²) in [5, 5.41) is 19.9. The largest absolute Gasteiger partial charge is 0.508 e. The number of H-pyrrole nitrogens is 1. The normalized spacial score (nSPS) is 12.2. The zero-order valence-electron chi connectivity index (χ0n) is 16.0. The average molecular weight is 428 g/mol. The summed E-state index contributed by atoms with van der Waals surface area (Å²) in [5.74, 6) is 4.58. The van der Waals surface area contributed by atoms with E-state index in [9.17, 15) is 23.4 Å². The number of nitrogens with one attached hydrogen (secondary N) is 2. The van der Waals surface area contributed by atoms with E-state index in [1.165, 1.54) is 36.4 Å². The van der Waals surface area contributed by atoms with Crippen molar-refractivity contribution < 1.29 is 28.2 Å². The van der Waals surface area contributed by atoms with E-state index in [1.54, 1.807) is 19.2 Å². The second kappa shape index (κ2) is 8.90. The molecule has 156 valence electrons. The zero-order valence-corrected chi connectivity index (χ0v) is 16.9. The third-order valence-electron chi connectivity index (χ3n) is 4.39. The van der Waals surface area contributed by atoms with E-state index in [0.29, 0.717) is 22.2 Å². The molecule has 9 heteroatoms. The Morgan fingerprint density at radius 1 is 1.23 bits per heavy atom. The summed E-state index contributed by atoms with van der Waals surface area (Å²) in [5.41, 5.74) is 1.27. The van der Waals surface area contributed by atoms with Crippen LogP contribution in [0.5, 0.6) is 11.5 Å². The first-order valence-electron chi connectivity index (χ1n) is 8.97. The van der Waals surface area contributed by atoms with Crippen LogP contribution in [0.2, 0.25) is 0 Å². The highest BCUT2D eigenvalue weighted by atomic mass is 32.2. The molecular formula is C21H20N2O6S. The van der Waals surface area contributed by atoms with Crippen LogP contribution >= 0.6 is 0 Å². The van der Waals surface area contributed by atoms with Gasteiger partial charge in [-0.1, -0.05) is 5.92 Å². The minimum atomic E-state index is -4.09. The third-order valence-corrected chi connectivity index (χ3v) is 5.88. The van der Waals surface area contributed by atoms with Gasteiger partial charge in [-0.3, -0.25) is 4.79 Å². The van der Waals surface area contributed by atoms with Crippen LogP contribution < -0.4 is 9.46 Å². The van der Waals surface area contributed by atoms with Gasteiger partial charge in [-0.25, -0.2) is 8.42 Å². The van der Waals surface area contributed by atoms with E-state index >= 15 is 0 Å². The van der Waals surface area contributed by atoms with Crippen molar-refractivity contribution in [1.82, 2.24) is 9.71 Å². The lowest BCUT2D eigenvalue weighted by molar-refractivity contribution is -0.138. The number of fused-ring (bicyclic) bond motifs is 1. The van der Waals surface area contributed by atoms with Crippen LogP contribution in [0.4, 0.5) is 0 Å². The molecule has 3 rings (SSSR count). The smallest absolute Gasteiger partial charge is 0.322 e. The summed E-state index contributed by atoms with van der Waals surface area (Å²) in [6, 6.07) is 8.88. The Morgan fingerprint density at radius 3 is 2.63 bits per heavy atom. The van der Waals surface area contributed by atoms with Crippen LogP contribution in [0.3, 0.4) is 0 Å². The summed E-state index contributed by atoms with van der Waals surface area (Å²) in [4.78, 5) is 14.6. The highest BCUT2D eigenvalue weighted by Gasteiger charge is 2.26. The number of rotatable bonds is 8. The topological polar surface area (TPSA) is 129 Å². The van der Waals surface area contributed by atoms with E-state index in [-0.39, 0.29) is 23.7 Å². The molecule has 0 saturated heterocycles. The van der Waals surface area contributed by atoms with Crippen LogP contribution in [0.15, 0.2) is 53.6 Å². The predicted molar refractivity (Wildman–Crippen MR) is 111 cm³/mol. The van der Waals surface area contributed by atoms with E-state index < -0.39 is 22.0 Å². The monoisotopic (exact) mass is 428 g/mol. The molecule has 0 radical (unpaired) electrons. The van der Waals surface area contributed by atoms with Gasteiger partial charge < -0.3 is 19.9 Å². The molecule has 2 aromatic carbocycles. The molecule has 1 heterocycles. The number of aliphatic carboxylic acids is 1. The first-order valence-corrected chi connectivity index (χ1v) is 10.4. The SMILES string of the molecule is CC#CCOc1ccc(S(=O)(=O)N[C@@H](Cc2c[nH]c3ccc(O)cc23)C(=O)O)cc1. The molecule has 1 atom stereocenters. The van der Waals surface area contributed by atoms with Crippen LogP contribution in [0.25, 0.3) is 10.9 Å². The molecule has 0 spiro atoms. The Hall–Kier alpha value is -3.48. The van der Waals surface area contributed by atoms with Crippen molar-refractivity contribution in [3.63, 3.8) is 0 Å². The number of sulfonamides is 1. The number of hydrogen-bond acceptors (Lipinski definition) is 5. The number of phenols is 1. The van der Waals surface area contributed by atoms with Gasteiger partial charge in [0.15, 0.2) is 0 Å². The van der Waals surface area contributed by atoms with Gasteiger partial charge in [0, 0.05) is 23.5 Å². The van der Waals surface area contributed by atoms with Crippen LogP contribution in [0.1, 0.15) is 12.5 Å². The molecule has 8 nitrogen and oxygen atoms in total. The van der Waals surface area contributed by atoms with Crippen LogP contribution in [-0.4, -0.2) is 42.2 Å². The summed E-state index contributed by atoms with van der Waals surface area (Å²) in [6.45, 7) is 1.87. The molecular weight excluding hydrogens is 408 g/mol. The lowest BCUT2D eigenvalue weighted by Gasteiger charge is -2.15. The Kier molecular flexibility index (Phi) is 6.30. The molecule has 0 bridgehead atoms. The number of carbonyl (C=O) groups is 1. The third kappa shape index (κ3) is 4.92. The maximum Gasteiger partial charge on any atom is 0.322 e. The Bertz CT molecular complexity index is 1220. The summed E-state index contributed by atoms with van der Waals surface area (Å²) in [7, 11) is -4.09. The Balaban J connectivity index is 1.78. The van der Waals surface area contributed by atoms with Crippen molar-refractivity contribution in [3.05, 3.63) is 54.2 Å². The molecule has 0 saturated carbocycles. The maximum absolute atomic E-state index is 12.7. The fourth-order valence-electron chi connectivity index (χ4n) is 2.90. The first-order chi connectivity index (χ1) is 14.3. The van der Waals surface area contributed by atoms with Crippen LogP contribution in [-0.2, 0) is 21.2 Å². The number of carboxylic acid groups (broad SMARTS) is 1. The van der Waals surface area contributed by atoms with Gasteiger partial charge in [0.2, 0.25) is 10.0 Å². The Labute approximate surface area is 173 Å². The van der Waals surface area contributed by atoms with Gasteiger partial charge in [-0.05, 0) is 55.0 Å². The fourth-order valence-corrected chi connectivity index (χ4v) is 4.09. The quantitative estimate of drug-likeness (QED) is 0.407.